The van der Waals surface area contributed by atoms with E-state index < -0.39 is 0 Å². The SMILES string of the molecule is Brc1ccc2nscc2c1. The molecule has 10 heavy (non-hydrogen) atoms. The van der Waals surface area contributed by atoms with Gasteiger partial charge in [-0.25, -0.2) is 0 Å². The van der Waals surface area contributed by atoms with Crippen LogP contribution in [0.4, 0.5) is 0 Å². The minimum Gasteiger partial charge on any atom is -0.193 e. The van der Waals surface area contributed by atoms with E-state index in [4.69, 9.17) is 0 Å². The molecule has 0 saturated carbocycles. The average molecular weight is 214 g/mol. The van der Waals surface area contributed by atoms with Crippen molar-refractivity contribution in [1.29, 1.82) is 0 Å². The van der Waals surface area contributed by atoms with Crippen LogP contribution in [0, 0.1) is 0 Å². The summed E-state index contributed by atoms with van der Waals surface area (Å²) in [6, 6.07) is 6.08. The van der Waals surface area contributed by atoms with E-state index in [0.717, 1.165) is 9.99 Å². The molecule has 2 aromatic rings. The van der Waals surface area contributed by atoms with Crippen LogP contribution in [0.15, 0.2) is 28.1 Å². The molecule has 0 unspecified atom stereocenters. The van der Waals surface area contributed by atoms with Crippen LogP contribution >= 0.6 is 27.5 Å². The van der Waals surface area contributed by atoms with E-state index in [0.29, 0.717) is 0 Å². The number of hydrogen-bond acceptors (Lipinski definition) is 2. The molecule has 1 nitrogen and oxygen atoms in total. The lowest BCUT2D eigenvalue weighted by molar-refractivity contribution is 1.64. The minimum absolute atomic E-state index is 1.08. The van der Waals surface area contributed by atoms with E-state index in [-0.39, 0.29) is 0 Å². The Morgan fingerprint density at radius 2 is 2.30 bits per heavy atom. The van der Waals surface area contributed by atoms with Gasteiger partial charge in [-0.1, -0.05) is 15.9 Å². The second kappa shape index (κ2) is 2.32. The van der Waals surface area contributed by atoms with E-state index in [9.17, 15) is 0 Å². The molecule has 0 fully saturated rings. The summed E-state index contributed by atoms with van der Waals surface area (Å²) in [4.78, 5) is 0. The Balaban J connectivity index is 2.86. The maximum atomic E-state index is 4.18. The Bertz CT molecular complexity index is 355. The highest BCUT2D eigenvalue weighted by atomic mass is 79.9. The van der Waals surface area contributed by atoms with Crippen LogP contribution in [-0.2, 0) is 0 Å². The zero-order chi connectivity index (χ0) is 6.97. The van der Waals surface area contributed by atoms with Crippen LogP contribution in [0.3, 0.4) is 0 Å². The van der Waals surface area contributed by atoms with Crippen molar-refractivity contribution in [2.45, 2.75) is 0 Å². The molecule has 0 radical (unpaired) electrons. The lowest BCUT2D eigenvalue weighted by Crippen LogP contribution is -1.65. The molecule has 0 aliphatic heterocycles. The Morgan fingerprint density at radius 1 is 1.40 bits per heavy atom. The van der Waals surface area contributed by atoms with Gasteiger partial charge in [-0.2, -0.15) is 4.37 Å². The summed E-state index contributed by atoms with van der Waals surface area (Å²) in [5.74, 6) is 0. The summed E-state index contributed by atoms with van der Waals surface area (Å²) < 4.78 is 5.29. The number of halogens is 1. The van der Waals surface area contributed by atoms with Crippen molar-refractivity contribution in [2.75, 3.05) is 0 Å². The first-order valence-corrected chi connectivity index (χ1v) is 4.49. The summed E-state index contributed by atoms with van der Waals surface area (Å²) >= 11 is 4.88. The zero-order valence-electron chi connectivity index (χ0n) is 5.04. The average Bonchev–Trinajstić information content (AvgIpc) is 2.33. The normalized spacial score (nSPS) is 10.5. The molecule has 2 rings (SSSR count). The highest BCUT2D eigenvalue weighted by molar-refractivity contribution is 9.10. The van der Waals surface area contributed by atoms with Crippen molar-refractivity contribution in [3.8, 4) is 0 Å². The maximum Gasteiger partial charge on any atom is 0.0841 e. The molecular formula is C7H4BrNS. The monoisotopic (exact) mass is 213 g/mol. The van der Waals surface area contributed by atoms with Gasteiger partial charge in [0.2, 0.25) is 0 Å². The van der Waals surface area contributed by atoms with Gasteiger partial charge >= 0.3 is 0 Å². The first kappa shape index (κ1) is 6.31. The topological polar surface area (TPSA) is 12.9 Å². The summed E-state index contributed by atoms with van der Waals surface area (Å²) in [7, 11) is 0. The third kappa shape index (κ3) is 0.954. The van der Waals surface area contributed by atoms with Crippen LogP contribution in [0.5, 0.6) is 0 Å². The first-order chi connectivity index (χ1) is 4.86. The summed E-state index contributed by atoms with van der Waals surface area (Å²) in [6.45, 7) is 0. The van der Waals surface area contributed by atoms with E-state index in [1.807, 2.05) is 17.5 Å². The molecule has 1 aromatic heterocycles. The van der Waals surface area contributed by atoms with E-state index in [2.05, 4.69) is 26.4 Å². The van der Waals surface area contributed by atoms with Crippen molar-refractivity contribution in [2.24, 2.45) is 0 Å². The second-order valence-electron chi connectivity index (χ2n) is 2.02. The van der Waals surface area contributed by atoms with Crippen molar-refractivity contribution < 1.29 is 0 Å². The standard InChI is InChI=1S/C7H4BrNS/c8-6-1-2-7-5(3-6)4-10-9-7/h1-4H. The molecule has 0 amide bonds. The molecule has 0 spiro atoms. The van der Waals surface area contributed by atoms with Crippen molar-refractivity contribution in [3.05, 3.63) is 28.1 Å². The second-order valence-corrected chi connectivity index (χ2v) is 3.56. The molecule has 0 saturated heterocycles. The Morgan fingerprint density at radius 3 is 3.20 bits per heavy atom. The van der Waals surface area contributed by atoms with Crippen molar-refractivity contribution in [3.63, 3.8) is 0 Å². The number of hydrogen-bond donors (Lipinski definition) is 0. The van der Waals surface area contributed by atoms with E-state index in [1.165, 1.54) is 16.9 Å². The van der Waals surface area contributed by atoms with E-state index >= 15 is 0 Å². The predicted molar refractivity (Wildman–Crippen MR) is 47.3 cm³/mol. The molecule has 50 valence electrons. The summed E-state index contributed by atoms with van der Waals surface area (Å²) in [5.41, 5.74) is 1.08. The lowest BCUT2D eigenvalue weighted by atomic mass is 10.3. The fraction of sp³-hybridized carbons (Fsp3) is 0. The van der Waals surface area contributed by atoms with Gasteiger partial charge in [-0.05, 0) is 29.7 Å². The third-order valence-corrected chi connectivity index (χ3v) is 2.48. The highest BCUT2D eigenvalue weighted by Crippen LogP contribution is 2.19. The Kier molecular flexibility index (Phi) is 1.47. The Labute approximate surface area is 71.0 Å². The van der Waals surface area contributed by atoms with E-state index in [1.54, 1.807) is 0 Å². The van der Waals surface area contributed by atoms with Crippen LogP contribution in [0.1, 0.15) is 0 Å². The van der Waals surface area contributed by atoms with Gasteiger partial charge in [-0.3, -0.25) is 0 Å². The quantitative estimate of drug-likeness (QED) is 0.656. The molecule has 1 heterocycles. The highest BCUT2D eigenvalue weighted by Gasteiger charge is 1.94. The maximum absolute atomic E-state index is 4.18. The van der Waals surface area contributed by atoms with Gasteiger partial charge in [-0.15, -0.1) is 0 Å². The molecule has 0 aliphatic rings. The Hall–Kier alpha value is -0.410. The number of aromatic nitrogens is 1. The number of fused-ring (bicyclic) bond motifs is 1. The summed E-state index contributed by atoms with van der Waals surface area (Å²) in [6.07, 6.45) is 0. The molecule has 0 atom stereocenters. The summed E-state index contributed by atoms with van der Waals surface area (Å²) in [5, 5.41) is 3.25. The van der Waals surface area contributed by atoms with Crippen molar-refractivity contribution in [1.82, 2.24) is 4.37 Å². The number of nitrogens with zero attached hydrogens (tertiary/aromatic N) is 1. The molecule has 0 aliphatic carbocycles. The van der Waals surface area contributed by atoms with Gasteiger partial charge < -0.3 is 0 Å². The molecule has 0 bridgehead atoms. The zero-order valence-corrected chi connectivity index (χ0v) is 7.45. The van der Waals surface area contributed by atoms with Gasteiger partial charge in [0.25, 0.3) is 0 Å². The van der Waals surface area contributed by atoms with Gasteiger partial charge in [0, 0.05) is 15.2 Å². The largest absolute Gasteiger partial charge is 0.193 e. The predicted octanol–water partition coefficient (Wildman–Crippen LogP) is 3.06. The van der Waals surface area contributed by atoms with Crippen LogP contribution in [0.25, 0.3) is 10.9 Å². The van der Waals surface area contributed by atoms with Gasteiger partial charge in [0.1, 0.15) is 0 Å². The first-order valence-electron chi connectivity index (χ1n) is 2.86. The third-order valence-electron chi connectivity index (χ3n) is 1.32. The molecule has 1 aromatic carbocycles. The smallest absolute Gasteiger partial charge is 0.0841 e. The number of rotatable bonds is 0. The van der Waals surface area contributed by atoms with Gasteiger partial charge in [0.15, 0.2) is 0 Å². The van der Waals surface area contributed by atoms with Crippen LogP contribution in [-0.4, -0.2) is 4.37 Å². The fourth-order valence-corrected chi connectivity index (χ4v) is 1.86. The molecule has 3 heteroatoms. The number of benzene rings is 1. The van der Waals surface area contributed by atoms with Gasteiger partial charge in [0.05, 0.1) is 5.52 Å². The van der Waals surface area contributed by atoms with Crippen molar-refractivity contribution >= 4 is 38.4 Å². The van der Waals surface area contributed by atoms with Crippen LogP contribution < -0.4 is 0 Å². The molecular weight excluding hydrogens is 210 g/mol. The lowest BCUT2D eigenvalue weighted by Gasteiger charge is -1.87. The van der Waals surface area contributed by atoms with Crippen LogP contribution in [0.2, 0.25) is 0 Å². The molecule has 0 N–H and O–H groups in total. The minimum atomic E-state index is 1.08. The fourth-order valence-electron chi connectivity index (χ4n) is 0.843.